The van der Waals surface area contributed by atoms with Gasteiger partial charge in [-0.1, -0.05) is 54.5 Å². The van der Waals surface area contributed by atoms with Crippen LogP contribution < -0.4 is 16.0 Å². The van der Waals surface area contributed by atoms with Crippen LogP contribution in [0.25, 0.3) is 0 Å². The van der Waals surface area contributed by atoms with E-state index < -0.39 is 54.3 Å². The maximum Gasteiger partial charge on any atom is 0.491 e. The van der Waals surface area contributed by atoms with E-state index in [9.17, 15) is 37.1 Å². The van der Waals surface area contributed by atoms with Crippen LogP contribution in [-0.4, -0.2) is 59.9 Å². The van der Waals surface area contributed by atoms with E-state index in [1.165, 1.54) is 30.0 Å². The van der Waals surface area contributed by atoms with Crippen molar-refractivity contribution < 1.29 is 41.9 Å². The van der Waals surface area contributed by atoms with Gasteiger partial charge in [-0.25, -0.2) is 4.79 Å². The molecule has 0 radical (unpaired) electrons. The monoisotopic (exact) mass is 620 g/mol. The minimum atomic E-state index is -5.41. The third-order valence-corrected chi connectivity index (χ3v) is 6.69. The van der Waals surface area contributed by atoms with Crippen molar-refractivity contribution in [1.29, 1.82) is 0 Å². The fourth-order valence-corrected chi connectivity index (χ4v) is 4.73. The lowest BCUT2D eigenvalue weighted by Crippen LogP contribution is -2.46. The molecule has 0 aliphatic carbocycles. The van der Waals surface area contributed by atoms with E-state index in [2.05, 4.69) is 21.9 Å². The third-order valence-electron chi connectivity index (χ3n) is 6.69. The Morgan fingerprint density at radius 1 is 1.00 bits per heavy atom. The summed E-state index contributed by atoms with van der Waals surface area (Å²) in [6.45, 7) is 1.76. The Kier molecular flexibility index (Phi) is 10.00. The van der Waals surface area contributed by atoms with Gasteiger partial charge in [-0.3, -0.25) is 24.1 Å². The number of carbonyl (C=O) groups is 5. The Labute approximate surface area is 255 Å². The minimum absolute atomic E-state index is 0.0358. The van der Waals surface area contributed by atoms with Crippen LogP contribution in [0, 0.1) is 11.8 Å². The van der Waals surface area contributed by atoms with Crippen LogP contribution in [0.5, 0.6) is 0 Å². The number of amides is 3. The molecule has 1 aliphatic rings. The number of hydrogen-bond acceptors (Lipinski definition) is 7. The smallest absolute Gasteiger partial charge is 0.386 e. The van der Waals surface area contributed by atoms with Crippen molar-refractivity contribution in [1.82, 2.24) is 10.2 Å². The van der Waals surface area contributed by atoms with Crippen LogP contribution in [0.1, 0.15) is 40.9 Å². The highest BCUT2D eigenvalue weighted by Gasteiger charge is 2.45. The topological polar surface area (TPSA) is 139 Å². The Morgan fingerprint density at radius 3 is 2.27 bits per heavy atom. The molecule has 45 heavy (non-hydrogen) atoms. The summed E-state index contributed by atoms with van der Waals surface area (Å²) in [7, 11) is 0. The van der Waals surface area contributed by atoms with Gasteiger partial charge in [0.25, 0.3) is 17.7 Å². The number of halogens is 3. The normalized spacial score (nSPS) is 15.3. The highest BCUT2D eigenvalue weighted by Crippen LogP contribution is 2.40. The summed E-state index contributed by atoms with van der Waals surface area (Å²) < 4.78 is 42.2. The molecule has 3 N–H and O–H groups in total. The average molecular weight is 621 g/mol. The molecule has 3 amide bonds. The molecule has 0 spiro atoms. The predicted molar refractivity (Wildman–Crippen MR) is 156 cm³/mol. The first-order chi connectivity index (χ1) is 21.4. The van der Waals surface area contributed by atoms with Gasteiger partial charge in [0, 0.05) is 36.3 Å². The standard InChI is InChI=1S/C32H27F3N4O6/c1-20(18-27(41)45-31(44)32(33,34)35)38-28(22-8-4-2-5-9-22)30(43)39(23-10-6-3-7-11-23)25-14-12-21(19-24(25)29(38)42)13-15-26(40)37-17-16-36/h2-12,14,19-20,28H,16-18,36H2,1H3,(H,37,40). The van der Waals surface area contributed by atoms with E-state index in [1.54, 1.807) is 60.7 Å². The number of nitrogens with two attached hydrogens (primary N) is 1. The van der Waals surface area contributed by atoms with Crippen LogP contribution in [0.4, 0.5) is 24.5 Å². The van der Waals surface area contributed by atoms with Crippen LogP contribution in [0.3, 0.4) is 0 Å². The predicted octanol–water partition coefficient (Wildman–Crippen LogP) is 3.39. The second-order valence-electron chi connectivity index (χ2n) is 9.87. The number of carbonyl (C=O) groups excluding carboxylic acids is 5. The molecule has 10 nitrogen and oxygen atoms in total. The molecule has 0 bridgehead atoms. The van der Waals surface area contributed by atoms with Crippen molar-refractivity contribution in [2.45, 2.75) is 31.6 Å². The number of benzene rings is 3. The fourth-order valence-electron chi connectivity index (χ4n) is 4.73. The summed E-state index contributed by atoms with van der Waals surface area (Å²) in [6.07, 6.45) is -6.25. The van der Waals surface area contributed by atoms with Crippen LogP contribution in [0.2, 0.25) is 0 Å². The highest BCUT2D eigenvalue weighted by molar-refractivity contribution is 6.14. The minimum Gasteiger partial charge on any atom is -0.386 e. The van der Waals surface area contributed by atoms with Gasteiger partial charge in [0.1, 0.15) is 6.04 Å². The van der Waals surface area contributed by atoms with Gasteiger partial charge in [-0.2, -0.15) is 13.2 Å². The molecule has 3 aromatic carbocycles. The zero-order valence-electron chi connectivity index (χ0n) is 23.8. The van der Waals surface area contributed by atoms with E-state index in [1.807, 2.05) is 0 Å². The number of nitrogens with one attached hydrogen (secondary N) is 1. The van der Waals surface area contributed by atoms with Gasteiger partial charge in [-0.15, -0.1) is 0 Å². The largest absolute Gasteiger partial charge is 0.491 e. The van der Waals surface area contributed by atoms with Crippen LogP contribution in [0.15, 0.2) is 78.9 Å². The number of anilines is 2. The summed E-state index contributed by atoms with van der Waals surface area (Å²) in [6, 6.07) is 18.4. The fraction of sp³-hybridized carbons (Fsp3) is 0.219. The number of esters is 2. The van der Waals surface area contributed by atoms with Gasteiger partial charge >= 0.3 is 18.1 Å². The Bertz CT molecular complexity index is 1670. The number of rotatable bonds is 7. The summed E-state index contributed by atoms with van der Waals surface area (Å²) >= 11 is 0. The zero-order valence-corrected chi connectivity index (χ0v) is 23.8. The molecule has 13 heteroatoms. The SMILES string of the molecule is CC(CC(=O)OC(=O)C(F)(F)F)N1C(=O)c2cc(C#CC(=O)NCCN)ccc2N(c2ccccc2)C(=O)C1c1ccccc1. The first-order valence-corrected chi connectivity index (χ1v) is 13.6. The lowest BCUT2D eigenvalue weighted by Gasteiger charge is -2.35. The number of para-hydroxylation sites is 1. The summed E-state index contributed by atoms with van der Waals surface area (Å²) in [4.78, 5) is 67.1. The number of ether oxygens (including phenoxy) is 1. The molecule has 1 aliphatic heterocycles. The summed E-state index contributed by atoms with van der Waals surface area (Å²) in [5.74, 6) is -1.13. The molecule has 1 heterocycles. The summed E-state index contributed by atoms with van der Waals surface area (Å²) in [5.41, 5.74) is 6.53. The van der Waals surface area contributed by atoms with E-state index in [-0.39, 0.29) is 29.9 Å². The average Bonchev–Trinajstić information content (AvgIpc) is 3.10. The summed E-state index contributed by atoms with van der Waals surface area (Å²) in [5, 5.41) is 2.50. The number of fused-ring (bicyclic) bond motifs is 1. The highest BCUT2D eigenvalue weighted by atomic mass is 19.4. The van der Waals surface area contributed by atoms with Crippen molar-refractivity contribution in [3.05, 3.63) is 95.6 Å². The molecule has 2 atom stereocenters. The van der Waals surface area contributed by atoms with Crippen LogP contribution in [-0.2, 0) is 23.9 Å². The molecule has 2 unspecified atom stereocenters. The first kappa shape index (κ1) is 32.4. The Morgan fingerprint density at radius 2 is 1.64 bits per heavy atom. The molecule has 0 saturated carbocycles. The second-order valence-corrected chi connectivity index (χ2v) is 9.87. The maximum atomic E-state index is 14.5. The van der Waals surface area contributed by atoms with Gasteiger partial charge in [0.2, 0.25) is 0 Å². The molecular weight excluding hydrogens is 593 g/mol. The molecule has 0 saturated heterocycles. The van der Waals surface area contributed by atoms with Gasteiger partial charge in [0.05, 0.1) is 17.7 Å². The van der Waals surface area contributed by atoms with Gasteiger partial charge in [0.15, 0.2) is 0 Å². The molecule has 4 rings (SSSR count). The van der Waals surface area contributed by atoms with E-state index >= 15 is 0 Å². The van der Waals surface area contributed by atoms with Crippen molar-refractivity contribution in [3.63, 3.8) is 0 Å². The van der Waals surface area contributed by atoms with E-state index in [0.717, 1.165) is 4.90 Å². The van der Waals surface area contributed by atoms with Gasteiger partial charge < -0.3 is 20.7 Å². The van der Waals surface area contributed by atoms with Crippen molar-refractivity contribution in [2.75, 3.05) is 18.0 Å². The zero-order chi connectivity index (χ0) is 32.7. The lowest BCUT2D eigenvalue weighted by molar-refractivity contribution is -0.202. The van der Waals surface area contributed by atoms with Crippen molar-refractivity contribution in [2.24, 2.45) is 5.73 Å². The quantitative estimate of drug-likeness (QED) is 0.235. The van der Waals surface area contributed by atoms with Crippen molar-refractivity contribution in [3.8, 4) is 11.8 Å². The van der Waals surface area contributed by atoms with Crippen LogP contribution >= 0.6 is 0 Å². The number of alkyl halides is 3. The van der Waals surface area contributed by atoms with E-state index in [0.29, 0.717) is 11.3 Å². The molecule has 232 valence electrons. The first-order valence-electron chi connectivity index (χ1n) is 13.6. The molecule has 0 aromatic heterocycles. The number of hydrogen-bond donors (Lipinski definition) is 2. The van der Waals surface area contributed by atoms with Gasteiger partial charge in [-0.05, 0) is 42.8 Å². The Balaban J connectivity index is 1.86. The molecular formula is C32H27F3N4O6. The maximum absolute atomic E-state index is 14.5. The second kappa shape index (κ2) is 13.9. The third kappa shape index (κ3) is 7.54. The lowest BCUT2D eigenvalue weighted by atomic mass is 10.0. The number of nitrogens with zero attached hydrogens (tertiary/aromatic N) is 2. The van der Waals surface area contributed by atoms with E-state index in [4.69, 9.17) is 5.73 Å². The Hall–Kier alpha value is -5.48. The molecule has 3 aromatic rings. The molecule has 0 fully saturated rings. The van der Waals surface area contributed by atoms with Crippen molar-refractivity contribution >= 4 is 41.0 Å².